The highest BCUT2D eigenvalue weighted by Crippen LogP contribution is 2.36. The number of rotatable bonds is 5. The lowest BCUT2D eigenvalue weighted by Crippen LogP contribution is -2.64. The van der Waals surface area contributed by atoms with Gasteiger partial charge in [-0.1, -0.05) is 0 Å². The Morgan fingerprint density at radius 3 is 2.88 bits per heavy atom. The molecule has 0 unspecified atom stereocenters. The van der Waals surface area contributed by atoms with E-state index >= 15 is 0 Å². The van der Waals surface area contributed by atoms with Crippen molar-refractivity contribution in [2.45, 2.75) is 25.0 Å². The zero-order valence-corrected chi connectivity index (χ0v) is 15.5. The first-order valence-corrected chi connectivity index (χ1v) is 9.26. The van der Waals surface area contributed by atoms with Crippen molar-refractivity contribution >= 4 is 5.91 Å². The van der Waals surface area contributed by atoms with Gasteiger partial charge in [0, 0.05) is 58.2 Å². The highest BCUT2D eigenvalue weighted by Gasteiger charge is 2.46. The van der Waals surface area contributed by atoms with Crippen molar-refractivity contribution in [2.24, 2.45) is 20.0 Å². The van der Waals surface area contributed by atoms with Gasteiger partial charge in [0.1, 0.15) is 5.69 Å². The standard InChI is InChI=1S/C19H27N5O2/c1-22-7-3-4-17(22)18(25)20-8-15-5-6-19(26-12-15)13-24(14-19)11-16-9-21-23(2)10-16/h3-4,7,9-10,15H,5-6,8,11-14H2,1-2H3,(H,20,25)/t15-/m0/s1. The van der Waals surface area contributed by atoms with Gasteiger partial charge in [-0.2, -0.15) is 5.10 Å². The van der Waals surface area contributed by atoms with Crippen molar-refractivity contribution in [1.82, 2.24) is 24.6 Å². The number of likely N-dealkylation sites (tertiary alicyclic amines) is 1. The fourth-order valence-corrected chi connectivity index (χ4v) is 4.04. The van der Waals surface area contributed by atoms with Gasteiger partial charge in [-0.05, 0) is 30.9 Å². The molecule has 0 aliphatic carbocycles. The molecule has 0 bridgehead atoms. The van der Waals surface area contributed by atoms with E-state index in [1.165, 1.54) is 5.56 Å². The number of amides is 1. The summed E-state index contributed by atoms with van der Waals surface area (Å²) in [6.07, 6.45) is 8.06. The van der Waals surface area contributed by atoms with E-state index in [4.69, 9.17) is 4.74 Å². The van der Waals surface area contributed by atoms with Crippen LogP contribution in [0.25, 0.3) is 0 Å². The zero-order chi connectivity index (χ0) is 18.1. The van der Waals surface area contributed by atoms with Crippen molar-refractivity contribution < 1.29 is 9.53 Å². The van der Waals surface area contributed by atoms with Gasteiger partial charge in [-0.25, -0.2) is 0 Å². The molecule has 2 aromatic heterocycles. The van der Waals surface area contributed by atoms with Gasteiger partial charge < -0.3 is 14.6 Å². The molecule has 2 aliphatic heterocycles. The van der Waals surface area contributed by atoms with E-state index in [-0.39, 0.29) is 11.5 Å². The van der Waals surface area contributed by atoms with Crippen molar-refractivity contribution in [3.05, 3.63) is 42.0 Å². The first-order valence-electron chi connectivity index (χ1n) is 9.26. The van der Waals surface area contributed by atoms with Gasteiger partial charge in [-0.3, -0.25) is 14.4 Å². The third-order valence-corrected chi connectivity index (χ3v) is 5.55. The van der Waals surface area contributed by atoms with Gasteiger partial charge >= 0.3 is 0 Å². The Hall–Kier alpha value is -2.12. The summed E-state index contributed by atoms with van der Waals surface area (Å²) in [7, 11) is 3.83. The maximum Gasteiger partial charge on any atom is 0.267 e. The van der Waals surface area contributed by atoms with Crippen LogP contribution >= 0.6 is 0 Å². The van der Waals surface area contributed by atoms with Crippen LogP contribution in [0.5, 0.6) is 0 Å². The number of aromatic nitrogens is 3. The SMILES string of the molecule is Cn1cc(CN2CC3(CC[C@@H](CNC(=O)c4cccn4C)CO3)C2)cn1. The third kappa shape index (κ3) is 3.54. The van der Waals surface area contributed by atoms with Crippen molar-refractivity contribution in [1.29, 1.82) is 0 Å². The summed E-state index contributed by atoms with van der Waals surface area (Å²) in [6.45, 7) is 4.33. The van der Waals surface area contributed by atoms with E-state index in [2.05, 4.69) is 21.5 Å². The topological polar surface area (TPSA) is 64.3 Å². The normalized spacial score (nSPS) is 22.3. The number of carbonyl (C=O) groups is 1. The Morgan fingerprint density at radius 1 is 1.42 bits per heavy atom. The van der Waals surface area contributed by atoms with E-state index in [0.29, 0.717) is 18.2 Å². The van der Waals surface area contributed by atoms with E-state index in [9.17, 15) is 4.79 Å². The molecule has 1 atom stereocenters. The lowest BCUT2D eigenvalue weighted by molar-refractivity contribution is -0.181. The Labute approximate surface area is 153 Å². The largest absolute Gasteiger partial charge is 0.372 e. The number of ether oxygens (including phenoxy) is 1. The highest BCUT2D eigenvalue weighted by molar-refractivity contribution is 5.92. The number of carbonyl (C=O) groups excluding carboxylic acids is 1. The molecule has 1 spiro atoms. The van der Waals surface area contributed by atoms with Crippen LogP contribution in [0.2, 0.25) is 0 Å². The lowest BCUT2D eigenvalue weighted by atomic mass is 9.83. The van der Waals surface area contributed by atoms with Crippen molar-refractivity contribution in [3.8, 4) is 0 Å². The van der Waals surface area contributed by atoms with Crippen LogP contribution in [0.3, 0.4) is 0 Å². The molecule has 0 saturated carbocycles. The molecule has 2 saturated heterocycles. The molecule has 0 radical (unpaired) electrons. The van der Waals surface area contributed by atoms with Crippen LogP contribution in [-0.4, -0.2) is 57.0 Å². The van der Waals surface area contributed by atoms with E-state index in [1.54, 1.807) is 0 Å². The molecule has 4 heterocycles. The summed E-state index contributed by atoms with van der Waals surface area (Å²) in [5.74, 6) is 0.390. The first-order chi connectivity index (χ1) is 12.5. The molecule has 7 nitrogen and oxygen atoms in total. The molecule has 2 fully saturated rings. The van der Waals surface area contributed by atoms with Crippen LogP contribution in [-0.2, 0) is 25.4 Å². The first kappa shape index (κ1) is 17.3. The lowest BCUT2D eigenvalue weighted by Gasteiger charge is -2.53. The fraction of sp³-hybridized carbons (Fsp3) is 0.579. The fourth-order valence-electron chi connectivity index (χ4n) is 4.04. The summed E-state index contributed by atoms with van der Waals surface area (Å²) in [5.41, 5.74) is 1.98. The molecule has 2 aliphatic rings. The second-order valence-corrected chi connectivity index (χ2v) is 7.78. The van der Waals surface area contributed by atoms with Crippen LogP contribution in [0.15, 0.2) is 30.7 Å². The van der Waals surface area contributed by atoms with Gasteiger partial charge in [0.15, 0.2) is 0 Å². The summed E-state index contributed by atoms with van der Waals surface area (Å²) in [6, 6.07) is 3.73. The number of hydrogen-bond donors (Lipinski definition) is 1. The minimum Gasteiger partial charge on any atom is -0.372 e. The third-order valence-electron chi connectivity index (χ3n) is 5.55. The minimum atomic E-state index is -0.0101. The molecule has 1 N–H and O–H groups in total. The predicted octanol–water partition coefficient (Wildman–Crippen LogP) is 1.17. The quantitative estimate of drug-likeness (QED) is 0.873. The number of nitrogens with zero attached hydrogens (tertiary/aromatic N) is 4. The molecule has 4 rings (SSSR count). The minimum absolute atomic E-state index is 0.0101. The Bertz CT molecular complexity index is 764. The number of nitrogens with one attached hydrogen (secondary N) is 1. The Balaban J connectivity index is 1.19. The average molecular weight is 357 g/mol. The zero-order valence-electron chi connectivity index (χ0n) is 15.5. The molecule has 1 amide bonds. The summed E-state index contributed by atoms with van der Waals surface area (Å²) in [4.78, 5) is 14.6. The van der Waals surface area contributed by atoms with Gasteiger partial charge in [-0.15, -0.1) is 0 Å². The Kier molecular flexibility index (Phi) is 4.58. The molecule has 26 heavy (non-hydrogen) atoms. The van der Waals surface area contributed by atoms with Gasteiger partial charge in [0.05, 0.1) is 18.4 Å². The van der Waals surface area contributed by atoms with Crippen molar-refractivity contribution in [3.63, 3.8) is 0 Å². The van der Waals surface area contributed by atoms with Crippen LogP contribution in [0.4, 0.5) is 0 Å². The van der Waals surface area contributed by atoms with E-state index in [1.807, 2.05) is 47.9 Å². The molecule has 2 aromatic rings. The second-order valence-electron chi connectivity index (χ2n) is 7.78. The van der Waals surface area contributed by atoms with E-state index < -0.39 is 0 Å². The van der Waals surface area contributed by atoms with Gasteiger partial charge in [0.2, 0.25) is 0 Å². The Morgan fingerprint density at radius 2 is 2.27 bits per heavy atom. The molecule has 140 valence electrons. The van der Waals surface area contributed by atoms with E-state index in [0.717, 1.165) is 39.1 Å². The summed E-state index contributed by atoms with van der Waals surface area (Å²) < 4.78 is 9.90. The second kappa shape index (κ2) is 6.89. The smallest absolute Gasteiger partial charge is 0.267 e. The van der Waals surface area contributed by atoms with Crippen molar-refractivity contribution in [2.75, 3.05) is 26.2 Å². The predicted molar refractivity (Wildman–Crippen MR) is 97.6 cm³/mol. The van der Waals surface area contributed by atoms with Crippen LogP contribution in [0, 0.1) is 5.92 Å². The molecule has 7 heteroatoms. The van der Waals surface area contributed by atoms with Gasteiger partial charge in [0.25, 0.3) is 5.91 Å². The van der Waals surface area contributed by atoms with Crippen LogP contribution < -0.4 is 5.32 Å². The highest BCUT2D eigenvalue weighted by atomic mass is 16.5. The number of hydrogen-bond acceptors (Lipinski definition) is 4. The van der Waals surface area contributed by atoms with Crippen LogP contribution in [0.1, 0.15) is 28.9 Å². The maximum atomic E-state index is 12.2. The average Bonchev–Trinajstić information content (AvgIpc) is 3.21. The summed E-state index contributed by atoms with van der Waals surface area (Å²) >= 11 is 0. The maximum absolute atomic E-state index is 12.2. The monoisotopic (exact) mass is 357 g/mol. The number of aryl methyl sites for hydroxylation is 2. The summed E-state index contributed by atoms with van der Waals surface area (Å²) in [5, 5.41) is 7.27. The molecule has 0 aromatic carbocycles. The molecular formula is C19H27N5O2. The molecular weight excluding hydrogens is 330 g/mol.